The molecule has 4 aromatic heterocycles. The summed E-state index contributed by atoms with van der Waals surface area (Å²) in [5.41, 5.74) is 5.67. The molecule has 0 fully saturated rings. The molecule has 296 valence electrons. The van der Waals surface area contributed by atoms with Crippen LogP contribution in [0.3, 0.4) is 0 Å². The Morgan fingerprint density at radius 3 is 2.72 bits per heavy atom. The third kappa shape index (κ3) is 11.4. The molecule has 4 heterocycles. The minimum atomic E-state index is -0.533. The van der Waals surface area contributed by atoms with Crippen LogP contribution in [0.15, 0.2) is 95.8 Å². The van der Waals surface area contributed by atoms with Gasteiger partial charge in [0.1, 0.15) is 35.5 Å². The van der Waals surface area contributed by atoms with Gasteiger partial charge in [0.2, 0.25) is 4.91 Å². The van der Waals surface area contributed by atoms with Crippen molar-refractivity contribution >= 4 is 39.5 Å². The molecule has 0 aliphatic rings. The van der Waals surface area contributed by atoms with E-state index in [9.17, 15) is 14.3 Å². The van der Waals surface area contributed by atoms with Gasteiger partial charge < -0.3 is 24.7 Å². The number of halogens is 1. The van der Waals surface area contributed by atoms with Crippen LogP contribution < -0.4 is 20.3 Å². The highest BCUT2D eigenvalue weighted by Crippen LogP contribution is 2.28. The number of rotatable bonds is 20. The predicted octanol–water partition coefficient (Wildman–Crippen LogP) is 7.93. The fraction of sp³-hybridized carbons (Fsp3) is 0.357. The number of hydrogen-bond acceptors (Lipinski definition) is 11. The van der Waals surface area contributed by atoms with Gasteiger partial charge in [0, 0.05) is 47.5 Å². The first-order valence-electron chi connectivity index (χ1n) is 19.4. The fourth-order valence-corrected chi connectivity index (χ4v) is 6.41. The third-order valence-electron chi connectivity index (χ3n) is 9.40. The lowest BCUT2D eigenvalue weighted by molar-refractivity contribution is -0.129. The van der Waals surface area contributed by atoms with Gasteiger partial charge in [-0.2, -0.15) is 0 Å². The summed E-state index contributed by atoms with van der Waals surface area (Å²) in [5, 5.41) is 25.4. The maximum atomic E-state index is 14.0. The Kier molecular flexibility index (Phi) is 14.3. The van der Waals surface area contributed by atoms with Gasteiger partial charge in [-0.05, 0) is 113 Å². The van der Waals surface area contributed by atoms with Crippen molar-refractivity contribution in [3.8, 4) is 17.1 Å². The molecule has 14 nitrogen and oxygen atoms in total. The molecule has 2 aromatic carbocycles. The number of unbranched alkanes of at least 4 members (excludes halogenated alkanes) is 3. The first kappa shape index (κ1) is 40.5. The molecule has 57 heavy (non-hydrogen) atoms. The van der Waals surface area contributed by atoms with Gasteiger partial charge in [0.05, 0.1) is 12.5 Å². The van der Waals surface area contributed by atoms with Crippen LogP contribution in [0.1, 0.15) is 69.5 Å². The van der Waals surface area contributed by atoms with Gasteiger partial charge in [0.25, 0.3) is 0 Å². The highest BCUT2D eigenvalue weighted by Gasteiger charge is 2.17. The minimum Gasteiger partial charge on any atom is -0.423 e. The molecule has 15 heteroatoms. The van der Waals surface area contributed by atoms with Crippen LogP contribution in [-0.4, -0.2) is 66.9 Å². The monoisotopic (exact) mass is 774 g/mol. The summed E-state index contributed by atoms with van der Waals surface area (Å²) in [7, 11) is 1.58. The molecule has 6 aromatic rings. The Hall–Kier alpha value is -6.15. The molecule has 0 saturated carbocycles. The number of aryl methyl sites for hydroxylation is 1. The average Bonchev–Trinajstić information content (AvgIpc) is 3.83. The van der Waals surface area contributed by atoms with Crippen LogP contribution in [0.25, 0.3) is 33.5 Å². The maximum absolute atomic E-state index is 14.0. The van der Waals surface area contributed by atoms with Crippen LogP contribution >= 0.6 is 0 Å². The molecule has 1 unspecified atom stereocenters. The molecule has 4 N–H and O–H groups in total. The summed E-state index contributed by atoms with van der Waals surface area (Å²) in [6, 6.07) is 14.9. The minimum absolute atomic E-state index is 0.112. The zero-order valence-electron chi connectivity index (χ0n) is 32.5. The molecule has 0 bridgehead atoms. The molecule has 0 spiro atoms. The predicted molar refractivity (Wildman–Crippen MR) is 219 cm³/mol. The van der Waals surface area contributed by atoms with Crippen molar-refractivity contribution in [3.63, 3.8) is 0 Å². The van der Waals surface area contributed by atoms with Gasteiger partial charge in [-0.15, -0.1) is 0 Å². The van der Waals surface area contributed by atoms with Crippen molar-refractivity contribution in [3.05, 3.63) is 103 Å². The molecule has 6 rings (SSSR count). The first-order valence-corrected chi connectivity index (χ1v) is 19.4. The average molecular weight is 775 g/mol. The van der Waals surface area contributed by atoms with E-state index in [0.717, 1.165) is 73.4 Å². The van der Waals surface area contributed by atoms with Gasteiger partial charge in [0.15, 0.2) is 28.1 Å². The van der Waals surface area contributed by atoms with Crippen molar-refractivity contribution in [1.29, 1.82) is 0 Å². The van der Waals surface area contributed by atoms with E-state index < -0.39 is 18.0 Å². The number of pyridine rings is 1. The number of ether oxygens (including phenoxy) is 1. The number of benzene rings is 2. The van der Waals surface area contributed by atoms with E-state index in [4.69, 9.17) is 14.7 Å². The number of hydrogen-bond donors (Lipinski definition) is 4. The summed E-state index contributed by atoms with van der Waals surface area (Å²) in [5.74, 6) is 0.471. The number of anilines is 1. The molecular weight excluding hydrogens is 726 g/mol. The summed E-state index contributed by atoms with van der Waals surface area (Å²) in [6.45, 7) is 5.35. The van der Waals surface area contributed by atoms with Crippen molar-refractivity contribution in [2.45, 2.75) is 77.5 Å². The Morgan fingerprint density at radius 1 is 1.05 bits per heavy atom. The number of imidazole rings is 1. The molecule has 1 atom stereocenters. The van der Waals surface area contributed by atoms with Crippen molar-refractivity contribution in [2.24, 2.45) is 10.2 Å². The zero-order chi connectivity index (χ0) is 40.0. The van der Waals surface area contributed by atoms with Gasteiger partial charge in [-0.3, -0.25) is 10.3 Å². The van der Waals surface area contributed by atoms with Crippen LogP contribution in [-0.2, 0) is 17.6 Å². The number of esters is 1. The number of nitrogens with zero attached hydrogens (tertiary/aromatic N) is 8. The Bertz CT molecular complexity index is 2350. The summed E-state index contributed by atoms with van der Waals surface area (Å²) in [6.07, 6.45) is 15.8. The highest BCUT2D eigenvalue weighted by molar-refractivity contribution is 5.88. The number of carbonyl (C=O) groups is 1. The Balaban J connectivity index is 0.919. The second-order valence-electron chi connectivity index (χ2n) is 14.0. The lowest BCUT2D eigenvalue weighted by Gasteiger charge is -2.12. The second kappa shape index (κ2) is 20.1. The third-order valence-corrected chi connectivity index (χ3v) is 9.40. The van der Waals surface area contributed by atoms with Crippen LogP contribution in [0.2, 0.25) is 0 Å². The highest BCUT2D eigenvalue weighted by atomic mass is 19.1. The summed E-state index contributed by atoms with van der Waals surface area (Å²) in [4.78, 5) is 37.5. The van der Waals surface area contributed by atoms with Crippen molar-refractivity contribution < 1.29 is 19.0 Å². The van der Waals surface area contributed by atoms with E-state index >= 15 is 0 Å². The number of aromatic nitrogens is 6. The number of nitrogens with one attached hydrogen (secondary N) is 3. The lowest BCUT2D eigenvalue weighted by Crippen LogP contribution is -2.29. The number of aliphatic hydroxyl groups excluding tert-OH is 1. The summed E-state index contributed by atoms with van der Waals surface area (Å²) >= 11 is 0. The van der Waals surface area contributed by atoms with E-state index in [1.54, 1.807) is 19.4 Å². The SMILES string of the molecule is CN=[N+]=Nc1ccc(CCCC(O)NCCCCCC=CC(=O)Oc2ccc3[nH]cc(CCNc4nc(-c5cncc(F)c5)nc5c4ncn5C(C)C)c3c2)cc1. The number of fused-ring (bicyclic) bond motifs is 2. The lowest BCUT2D eigenvalue weighted by atomic mass is 10.1. The molecule has 0 aliphatic carbocycles. The van der Waals surface area contributed by atoms with E-state index in [1.165, 1.54) is 23.9 Å². The number of aromatic amines is 1. The van der Waals surface area contributed by atoms with Crippen molar-refractivity contribution in [2.75, 3.05) is 25.5 Å². The number of carbonyl (C=O) groups excluding carboxylic acids is 1. The van der Waals surface area contributed by atoms with Crippen LogP contribution in [0, 0.1) is 5.82 Å². The second-order valence-corrected chi connectivity index (χ2v) is 14.0. The summed E-state index contributed by atoms with van der Waals surface area (Å²) < 4.78 is 21.6. The molecule has 0 saturated heterocycles. The standard InChI is InChI=1S/C42H49FN11O3/c1-28(2)54-27-49-39-41(50-40(51-42(39)54)31-22-32(43)26-45-24-31)47-21-19-30-25-48-36-18-17-34(23-35(30)36)57-38(56)12-7-5-4-6-8-20-46-37(55)11-9-10-29-13-15-33(16-14-29)52-53-44-3/h7,12-18,22-28,37,46,48,55H,4-6,8-11,19-21H2,1-3H3,(H,47,50,51)/q+1. The molecule has 0 radical (unpaired) electrons. The van der Waals surface area contributed by atoms with Crippen LogP contribution in [0.5, 0.6) is 5.75 Å². The van der Waals surface area contributed by atoms with Gasteiger partial charge >= 0.3 is 5.97 Å². The number of allylic oxidation sites excluding steroid dienone is 1. The quantitative estimate of drug-likeness (QED) is 0.0114. The van der Waals surface area contributed by atoms with E-state index in [-0.39, 0.29) is 6.04 Å². The Morgan fingerprint density at radius 2 is 1.91 bits per heavy atom. The Labute approximate surface area is 330 Å². The molecular formula is C42H49FN11O3+. The van der Waals surface area contributed by atoms with E-state index in [2.05, 4.69) is 40.7 Å². The van der Waals surface area contributed by atoms with Crippen LogP contribution in [0.4, 0.5) is 15.9 Å². The topological polar surface area (TPSA) is 182 Å². The smallest absolute Gasteiger partial charge is 0.335 e. The van der Waals surface area contributed by atoms with Gasteiger partial charge in [-0.25, -0.2) is 24.1 Å². The fourth-order valence-electron chi connectivity index (χ4n) is 6.41. The first-order chi connectivity index (χ1) is 27.8. The van der Waals surface area contributed by atoms with E-state index in [0.29, 0.717) is 53.5 Å². The van der Waals surface area contributed by atoms with E-state index in [1.807, 2.05) is 67.1 Å². The number of aliphatic hydroxyl groups is 1. The maximum Gasteiger partial charge on any atom is 0.335 e. The number of H-pyrrole nitrogens is 1. The zero-order valence-corrected chi connectivity index (χ0v) is 32.5. The largest absolute Gasteiger partial charge is 0.423 e. The molecule has 0 aliphatic heterocycles. The normalized spacial score (nSPS) is 12.0. The van der Waals surface area contributed by atoms with Gasteiger partial charge in [-0.1, -0.05) is 24.6 Å². The van der Waals surface area contributed by atoms with Crippen molar-refractivity contribution in [1.82, 2.24) is 39.7 Å². The molecule has 0 amide bonds.